The fourth-order valence-electron chi connectivity index (χ4n) is 6.65. The van der Waals surface area contributed by atoms with E-state index in [4.69, 9.17) is 18.9 Å². The van der Waals surface area contributed by atoms with Crippen molar-refractivity contribution < 1.29 is 28.5 Å². The van der Waals surface area contributed by atoms with Crippen molar-refractivity contribution >= 4 is 11.9 Å². The van der Waals surface area contributed by atoms with Crippen LogP contribution >= 0.6 is 0 Å². The number of allylic oxidation sites excluding steroid dienone is 1. The van der Waals surface area contributed by atoms with Crippen molar-refractivity contribution in [2.75, 3.05) is 27.4 Å². The highest BCUT2D eigenvalue weighted by molar-refractivity contribution is 5.83. The Kier molecular flexibility index (Phi) is 5.53. The number of carbonyl (C=O) groups is 2. The van der Waals surface area contributed by atoms with Crippen LogP contribution in [0.3, 0.4) is 0 Å². The van der Waals surface area contributed by atoms with Crippen LogP contribution in [-0.2, 0) is 28.5 Å². The predicted molar refractivity (Wildman–Crippen MR) is 106 cm³/mol. The molecule has 1 saturated carbocycles. The highest BCUT2D eigenvalue weighted by Gasteiger charge is 2.70. The molecule has 0 amide bonds. The Bertz CT molecular complexity index is 701. The van der Waals surface area contributed by atoms with E-state index in [1.54, 1.807) is 0 Å². The molecule has 0 aromatic carbocycles. The van der Waals surface area contributed by atoms with Crippen molar-refractivity contribution in [3.63, 3.8) is 0 Å². The molecule has 2 aliphatic carbocycles. The van der Waals surface area contributed by atoms with Crippen molar-refractivity contribution in [1.29, 1.82) is 0 Å². The monoisotopic (exact) mass is 406 g/mol. The summed E-state index contributed by atoms with van der Waals surface area (Å²) in [6, 6.07) is 0. The summed E-state index contributed by atoms with van der Waals surface area (Å²) in [5, 5.41) is 0. The molecule has 1 spiro atoms. The van der Waals surface area contributed by atoms with Gasteiger partial charge in [-0.1, -0.05) is 32.8 Å². The van der Waals surface area contributed by atoms with E-state index in [1.165, 1.54) is 19.8 Å². The average molecular weight is 407 g/mol. The number of rotatable bonds is 6. The Hall–Kier alpha value is -1.40. The van der Waals surface area contributed by atoms with Gasteiger partial charge in [-0.2, -0.15) is 0 Å². The Labute approximate surface area is 173 Å². The van der Waals surface area contributed by atoms with Gasteiger partial charge in [0.05, 0.1) is 39.3 Å². The molecule has 29 heavy (non-hydrogen) atoms. The third kappa shape index (κ3) is 2.89. The lowest BCUT2D eigenvalue weighted by Crippen LogP contribution is -2.58. The maximum Gasteiger partial charge on any atom is 0.310 e. The van der Waals surface area contributed by atoms with Crippen molar-refractivity contribution in [3.8, 4) is 0 Å². The molecule has 4 rings (SSSR count). The molecule has 2 aliphatic heterocycles. The molecule has 2 unspecified atom stereocenters. The van der Waals surface area contributed by atoms with Gasteiger partial charge in [0.25, 0.3) is 0 Å². The number of unbranched alkanes of at least 4 members (excludes halogenated alkanes) is 1. The quantitative estimate of drug-likeness (QED) is 0.497. The van der Waals surface area contributed by atoms with Gasteiger partial charge in [0, 0.05) is 11.3 Å². The minimum Gasteiger partial charge on any atom is -0.469 e. The molecule has 7 atom stereocenters. The third-order valence-corrected chi connectivity index (χ3v) is 8.08. The lowest BCUT2D eigenvalue weighted by molar-refractivity contribution is -0.279. The summed E-state index contributed by atoms with van der Waals surface area (Å²) in [6.07, 6.45) is 8.02. The Morgan fingerprint density at radius 1 is 1.17 bits per heavy atom. The summed E-state index contributed by atoms with van der Waals surface area (Å²) in [5.74, 6) is -2.33. The molecule has 0 aromatic heterocycles. The minimum absolute atomic E-state index is 0.217. The van der Waals surface area contributed by atoms with Crippen LogP contribution in [0.15, 0.2) is 11.6 Å². The van der Waals surface area contributed by atoms with Crippen LogP contribution in [0.5, 0.6) is 0 Å². The highest BCUT2D eigenvalue weighted by atomic mass is 16.7. The normalized spacial score (nSPS) is 42.6. The van der Waals surface area contributed by atoms with E-state index in [9.17, 15) is 9.59 Å². The fourth-order valence-corrected chi connectivity index (χ4v) is 6.65. The van der Waals surface area contributed by atoms with Gasteiger partial charge >= 0.3 is 11.9 Å². The number of methoxy groups -OCH3 is 2. The zero-order valence-electron chi connectivity index (χ0n) is 18.1. The van der Waals surface area contributed by atoms with Crippen molar-refractivity contribution in [2.45, 2.75) is 58.2 Å². The second-order valence-corrected chi connectivity index (χ2v) is 9.19. The van der Waals surface area contributed by atoms with Crippen LogP contribution in [-0.4, -0.2) is 45.2 Å². The maximum atomic E-state index is 13.1. The van der Waals surface area contributed by atoms with E-state index in [1.807, 2.05) is 0 Å². The number of carbonyl (C=O) groups excluding carboxylic acids is 2. The molecule has 162 valence electrons. The van der Waals surface area contributed by atoms with Gasteiger partial charge in [0.15, 0.2) is 5.79 Å². The summed E-state index contributed by atoms with van der Waals surface area (Å²) < 4.78 is 23.3. The number of hydrogen-bond donors (Lipinski definition) is 0. The summed E-state index contributed by atoms with van der Waals surface area (Å²) in [6.45, 7) is 5.50. The van der Waals surface area contributed by atoms with Gasteiger partial charge in [-0.15, -0.1) is 0 Å². The fraction of sp³-hybridized carbons (Fsp3) is 0.826. The molecule has 2 saturated heterocycles. The minimum atomic E-state index is -0.900. The van der Waals surface area contributed by atoms with E-state index in [0.717, 1.165) is 32.1 Å². The number of hydrogen-bond acceptors (Lipinski definition) is 6. The smallest absolute Gasteiger partial charge is 0.310 e. The molecule has 0 radical (unpaired) electrons. The first kappa shape index (κ1) is 20.9. The van der Waals surface area contributed by atoms with Gasteiger partial charge < -0.3 is 18.9 Å². The predicted octanol–water partition coefficient (Wildman–Crippen LogP) is 3.49. The molecule has 2 heterocycles. The molecular formula is C23H34O6. The van der Waals surface area contributed by atoms with Gasteiger partial charge in [0.2, 0.25) is 0 Å². The first-order valence-electron chi connectivity index (χ1n) is 11.1. The van der Waals surface area contributed by atoms with Gasteiger partial charge in [-0.25, -0.2) is 0 Å². The summed E-state index contributed by atoms with van der Waals surface area (Å²) in [7, 11) is 2.80. The summed E-state index contributed by atoms with van der Waals surface area (Å²) >= 11 is 0. The van der Waals surface area contributed by atoms with E-state index in [-0.39, 0.29) is 29.2 Å². The molecule has 0 N–H and O–H groups in total. The van der Waals surface area contributed by atoms with Gasteiger partial charge in [-0.3, -0.25) is 9.59 Å². The first-order valence-corrected chi connectivity index (χ1v) is 11.1. The molecule has 6 heteroatoms. The maximum absolute atomic E-state index is 13.1. The Morgan fingerprint density at radius 3 is 2.59 bits per heavy atom. The van der Waals surface area contributed by atoms with Gasteiger partial charge in [0.1, 0.15) is 0 Å². The van der Waals surface area contributed by atoms with E-state index >= 15 is 0 Å². The molecule has 4 aliphatic rings. The largest absolute Gasteiger partial charge is 0.469 e. The molecule has 3 fully saturated rings. The Balaban J connectivity index is 1.91. The van der Waals surface area contributed by atoms with Crippen LogP contribution in [0.25, 0.3) is 0 Å². The zero-order valence-corrected chi connectivity index (χ0v) is 18.1. The van der Waals surface area contributed by atoms with Crippen molar-refractivity contribution in [2.24, 2.45) is 35.0 Å². The Morgan fingerprint density at radius 2 is 1.93 bits per heavy atom. The second-order valence-electron chi connectivity index (χ2n) is 9.19. The second kappa shape index (κ2) is 7.69. The van der Waals surface area contributed by atoms with Crippen LogP contribution in [0.2, 0.25) is 0 Å². The van der Waals surface area contributed by atoms with Crippen molar-refractivity contribution in [3.05, 3.63) is 11.6 Å². The number of ether oxygens (including phenoxy) is 4. The summed E-state index contributed by atoms with van der Waals surface area (Å²) in [5.41, 5.74) is 0.877. The molecule has 5 bridgehead atoms. The third-order valence-electron chi connectivity index (χ3n) is 8.08. The van der Waals surface area contributed by atoms with Crippen LogP contribution in [0, 0.1) is 35.0 Å². The topological polar surface area (TPSA) is 71.1 Å². The van der Waals surface area contributed by atoms with Crippen LogP contribution < -0.4 is 0 Å². The molecular weight excluding hydrogens is 372 g/mol. The lowest BCUT2D eigenvalue weighted by Gasteiger charge is -2.53. The van der Waals surface area contributed by atoms with E-state index < -0.39 is 17.6 Å². The van der Waals surface area contributed by atoms with Crippen LogP contribution in [0.4, 0.5) is 0 Å². The number of esters is 2. The SMILES string of the molecule is CCCC[C@H]1C=C2[C@]3(CC)CO[C@]24OCC[C@H]1C4C(C(=O)OC)[C@H](C(=O)OC)C3. The standard InChI is InChI=1S/C23H34O6/c1-5-7-8-14-11-17-22(6-2)12-16(20(24)26-3)18(21(25)27-4)19-15(14)9-10-28-23(17,19)29-13-22/h11,14-16,18-19H,5-10,12-13H2,1-4H3/t14-,15+,16+,18?,19?,22-,23+/m0/s1. The van der Waals surface area contributed by atoms with Crippen LogP contribution in [0.1, 0.15) is 52.4 Å². The highest BCUT2D eigenvalue weighted by Crippen LogP contribution is 2.66. The van der Waals surface area contributed by atoms with E-state index in [0.29, 0.717) is 25.6 Å². The van der Waals surface area contributed by atoms with Gasteiger partial charge in [-0.05, 0) is 43.1 Å². The first-order chi connectivity index (χ1) is 14.0. The van der Waals surface area contributed by atoms with E-state index in [2.05, 4.69) is 19.9 Å². The zero-order chi connectivity index (χ0) is 20.8. The lowest BCUT2D eigenvalue weighted by atomic mass is 9.60. The average Bonchev–Trinajstić information content (AvgIpc) is 2.99. The van der Waals surface area contributed by atoms with Crippen molar-refractivity contribution in [1.82, 2.24) is 0 Å². The summed E-state index contributed by atoms with van der Waals surface area (Å²) in [4.78, 5) is 26.0. The molecule has 6 nitrogen and oxygen atoms in total. The molecule has 0 aromatic rings.